The van der Waals surface area contributed by atoms with E-state index < -0.39 is 9.85 Å². The molecule has 0 aliphatic rings. The predicted molar refractivity (Wildman–Crippen MR) is 103 cm³/mol. The third-order valence-corrected chi connectivity index (χ3v) is 4.49. The van der Waals surface area contributed by atoms with Crippen molar-refractivity contribution in [1.82, 2.24) is 5.43 Å². The first-order valence-electron chi connectivity index (χ1n) is 7.75. The number of amides is 1. The van der Waals surface area contributed by atoms with Crippen molar-refractivity contribution in [3.05, 3.63) is 79.4 Å². The second-order valence-electron chi connectivity index (χ2n) is 5.51. The number of carbonyl (C=O) groups excluding carboxylic acids is 1. The van der Waals surface area contributed by atoms with E-state index in [1.165, 1.54) is 36.2 Å². The van der Waals surface area contributed by atoms with Gasteiger partial charge in [-0.25, -0.2) is 5.43 Å². The van der Waals surface area contributed by atoms with Crippen LogP contribution in [0.25, 0.3) is 0 Å². The number of hydrogen-bond acceptors (Lipinski definition) is 7. The summed E-state index contributed by atoms with van der Waals surface area (Å²) in [5.74, 6) is 0.363. The first kappa shape index (κ1) is 20.0. The van der Waals surface area contributed by atoms with Crippen molar-refractivity contribution in [2.45, 2.75) is 12.7 Å². The minimum atomic E-state index is -0.472. The molecule has 0 aliphatic heterocycles. The first-order chi connectivity index (χ1) is 12.9. The summed E-state index contributed by atoms with van der Waals surface area (Å²) in [7, 11) is 0. The number of thioether (sulfide) groups is 1. The molecule has 0 heterocycles. The second-order valence-corrected chi connectivity index (χ2v) is 6.50. The van der Waals surface area contributed by atoms with Gasteiger partial charge in [-0.15, -0.1) is 11.8 Å². The zero-order valence-electron chi connectivity index (χ0n) is 14.3. The van der Waals surface area contributed by atoms with Gasteiger partial charge < -0.3 is 0 Å². The number of nitro benzene ring substituents is 2. The molecule has 9 nitrogen and oxygen atoms in total. The Labute approximate surface area is 158 Å². The molecular formula is C17H16N4O5S. The Kier molecular flexibility index (Phi) is 7.00. The first-order valence-corrected chi connectivity index (χ1v) is 8.90. The quantitative estimate of drug-likeness (QED) is 0.420. The van der Waals surface area contributed by atoms with Crippen molar-refractivity contribution >= 4 is 35.3 Å². The number of nitro groups is 2. The van der Waals surface area contributed by atoms with Crippen LogP contribution in [-0.2, 0) is 10.5 Å². The molecule has 0 atom stereocenters. The summed E-state index contributed by atoms with van der Waals surface area (Å²) in [5.41, 5.74) is 4.29. The summed E-state index contributed by atoms with van der Waals surface area (Å²) in [5, 5.41) is 25.3. The van der Waals surface area contributed by atoms with Crippen molar-refractivity contribution in [1.29, 1.82) is 0 Å². The fourth-order valence-electron chi connectivity index (χ4n) is 2.09. The third kappa shape index (κ3) is 6.19. The molecule has 0 spiro atoms. The van der Waals surface area contributed by atoms with Crippen LogP contribution in [0.3, 0.4) is 0 Å². The van der Waals surface area contributed by atoms with Crippen LogP contribution in [-0.4, -0.2) is 27.7 Å². The standard InChI is InChI=1S/C17H16N4O5S/c1-12-2-3-14(8-16(12)21(25)26)9-18-19-17(22)11-27-10-13-4-6-15(7-5-13)20(23)24/h2-9H,10-11H2,1H3,(H,19,22). The van der Waals surface area contributed by atoms with Crippen molar-refractivity contribution in [2.75, 3.05) is 5.75 Å². The second kappa shape index (κ2) is 9.43. The van der Waals surface area contributed by atoms with Gasteiger partial charge in [-0.2, -0.15) is 5.10 Å². The number of nitrogens with zero attached hydrogens (tertiary/aromatic N) is 3. The lowest BCUT2D eigenvalue weighted by molar-refractivity contribution is -0.385. The van der Waals surface area contributed by atoms with Crippen LogP contribution in [0.15, 0.2) is 47.6 Å². The molecule has 10 heteroatoms. The van der Waals surface area contributed by atoms with E-state index in [1.54, 1.807) is 31.2 Å². The van der Waals surface area contributed by atoms with E-state index in [-0.39, 0.29) is 23.0 Å². The molecule has 0 unspecified atom stereocenters. The topological polar surface area (TPSA) is 128 Å². The van der Waals surface area contributed by atoms with Gasteiger partial charge in [0.1, 0.15) is 0 Å². The average Bonchev–Trinajstić information content (AvgIpc) is 2.63. The molecule has 0 aliphatic carbocycles. The minimum Gasteiger partial charge on any atom is -0.272 e. The molecule has 0 bridgehead atoms. The maximum Gasteiger partial charge on any atom is 0.272 e. The zero-order valence-corrected chi connectivity index (χ0v) is 15.1. The number of aryl methyl sites for hydroxylation is 1. The number of rotatable bonds is 8. The summed E-state index contributed by atoms with van der Waals surface area (Å²) in [6.45, 7) is 1.64. The fraction of sp³-hybridized carbons (Fsp3) is 0.176. The van der Waals surface area contributed by atoms with Crippen LogP contribution >= 0.6 is 11.8 Å². The number of benzene rings is 2. The van der Waals surface area contributed by atoms with Crippen molar-refractivity contribution in [3.8, 4) is 0 Å². The van der Waals surface area contributed by atoms with E-state index >= 15 is 0 Å². The maximum atomic E-state index is 11.8. The summed E-state index contributed by atoms with van der Waals surface area (Å²) in [6, 6.07) is 10.8. The van der Waals surface area contributed by atoms with Gasteiger partial charge in [0.25, 0.3) is 11.4 Å². The van der Waals surface area contributed by atoms with Gasteiger partial charge in [0.2, 0.25) is 5.91 Å². The summed E-state index contributed by atoms with van der Waals surface area (Å²) < 4.78 is 0. The van der Waals surface area contributed by atoms with Crippen LogP contribution in [0.2, 0.25) is 0 Å². The summed E-state index contributed by atoms with van der Waals surface area (Å²) >= 11 is 1.34. The van der Waals surface area contributed by atoms with Crippen LogP contribution in [0.5, 0.6) is 0 Å². The van der Waals surface area contributed by atoms with Gasteiger partial charge >= 0.3 is 0 Å². The van der Waals surface area contributed by atoms with E-state index in [0.717, 1.165) is 5.56 Å². The van der Waals surface area contributed by atoms with E-state index in [0.29, 0.717) is 16.9 Å². The molecule has 27 heavy (non-hydrogen) atoms. The minimum absolute atomic E-state index is 0.0103. The van der Waals surface area contributed by atoms with Crippen LogP contribution in [0, 0.1) is 27.2 Å². The molecule has 140 valence electrons. The van der Waals surface area contributed by atoms with Gasteiger partial charge in [-0.3, -0.25) is 25.0 Å². The lowest BCUT2D eigenvalue weighted by Crippen LogP contribution is -2.19. The smallest absolute Gasteiger partial charge is 0.272 e. The highest BCUT2D eigenvalue weighted by atomic mass is 32.2. The van der Waals surface area contributed by atoms with Gasteiger partial charge in [0.15, 0.2) is 0 Å². The number of hydrogen-bond donors (Lipinski definition) is 1. The Morgan fingerprint density at radius 3 is 2.48 bits per heavy atom. The maximum absolute atomic E-state index is 11.8. The summed E-state index contributed by atoms with van der Waals surface area (Å²) in [4.78, 5) is 32.3. The van der Waals surface area contributed by atoms with Crippen molar-refractivity contribution < 1.29 is 14.6 Å². The average molecular weight is 388 g/mol. The van der Waals surface area contributed by atoms with Gasteiger partial charge in [0.05, 0.1) is 21.8 Å². The molecule has 0 fully saturated rings. The van der Waals surface area contributed by atoms with E-state index in [9.17, 15) is 25.0 Å². The summed E-state index contributed by atoms with van der Waals surface area (Å²) in [6.07, 6.45) is 1.34. The Morgan fingerprint density at radius 1 is 1.15 bits per heavy atom. The number of nitrogens with one attached hydrogen (secondary N) is 1. The van der Waals surface area contributed by atoms with E-state index in [4.69, 9.17) is 0 Å². The van der Waals surface area contributed by atoms with Crippen molar-refractivity contribution in [2.24, 2.45) is 5.10 Å². The Balaban J connectivity index is 1.79. The van der Waals surface area contributed by atoms with Crippen LogP contribution in [0.1, 0.15) is 16.7 Å². The normalized spacial score (nSPS) is 10.7. The van der Waals surface area contributed by atoms with E-state index in [2.05, 4.69) is 10.5 Å². The molecular weight excluding hydrogens is 372 g/mol. The Hall–Kier alpha value is -3.27. The molecule has 0 radical (unpaired) electrons. The third-order valence-electron chi connectivity index (χ3n) is 3.48. The highest BCUT2D eigenvalue weighted by Crippen LogP contribution is 2.18. The molecule has 0 aromatic heterocycles. The predicted octanol–water partition coefficient (Wildman–Crippen LogP) is 3.19. The molecule has 0 saturated carbocycles. The number of non-ortho nitro benzene ring substituents is 1. The van der Waals surface area contributed by atoms with Gasteiger partial charge in [0, 0.05) is 35.1 Å². The number of carbonyl (C=O) groups is 1. The molecule has 0 saturated heterocycles. The van der Waals surface area contributed by atoms with Gasteiger partial charge in [-0.05, 0) is 12.5 Å². The highest BCUT2D eigenvalue weighted by Gasteiger charge is 2.10. The number of hydrazone groups is 1. The Bertz CT molecular complexity index is 883. The van der Waals surface area contributed by atoms with Crippen molar-refractivity contribution in [3.63, 3.8) is 0 Å². The largest absolute Gasteiger partial charge is 0.272 e. The Morgan fingerprint density at radius 2 is 1.85 bits per heavy atom. The van der Waals surface area contributed by atoms with Crippen LogP contribution < -0.4 is 5.43 Å². The van der Waals surface area contributed by atoms with Gasteiger partial charge in [-0.1, -0.05) is 24.3 Å². The molecule has 2 aromatic rings. The van der Waals surface area contributed by atoms with Crippen LogP contribution in [0.4, 0.5) is 11.4 Å². The zero-order chi connectivity index (χ0) is 19.8. The van der Waals surface area contributed by atoms with E-state index in [1.807, 2.05) is 0 Å². The molecule has 1 N–H and O–H groups in total. The lowest BCUT2D eigenvalue weighted by atomic mass is 10.1. The molecule has 2 rings (SSSR count). The highest BCUT2D eigenvalue weighted by molar-refractivity contribution is 7.99. The SMILES string of the molecule is Cc1ccc(C=NNC(=O)CSCc2ccc([N+](=O)[O-])cc2)cc1[N+](=O)[O-]. The molecule has 1 amide bonds. The lowest BCUT2D eigenvalue weighted by Gasteiger charge is -2.02. The molecule has 2 aromatic carbocycles. The fourth-order valence-corrected chi connectivity index (χ4v) is 2.87. The monoisotopic (exact) mass is 388 g/mol.